The quantitative estimate of drug-likeness (QED) is 0.106. The molecule has 0 amide bonds. The molecule has 0 aromatic heterocycles. The van der Waals surface area contributed by atoms with Crippen LogP contribution in [0.5, 0.6) is 0 Å². The number of aliphatic carboxylic acids is 4. The van der Waals surface area contributed by atoms with Gasteiger partial charge in [0.15, 0.2) is 10.8 Å². The Kier molecular flexibility index (Phi) is 104. The molecule has 24 heteroatoms. The number of nitrogens with one attached hydrogen (secondary N) is 2. The summed E-state index contributed by atoms with van der Waals surface area (Å²) in [5.41, 5.74) is 10.1. The van der Waals surface area contributed by atoms with E-state index in [0.29, 0.717) is 12.0 Å². The molecule has 0 saturated heterocycles. The number of rotatable bonds is 7. The van der Waals surface area contributed by atoms with Crippen LogP contribution in [0.1, 0.15) is 93.4 Å². The van der Waals surface area contributed by atoms with Crippen LogP contribution in [0.25, 0.3) is 36.1 Å². The molecule has 0 aliphatic heterocycles. The fraction of sp³-hybridized carbons (Fsp3) is 0.719. The second-order valence-corrected chi connectivity index (χ2v) is 11.9. The Bertz CT molecular complexity index is 810. The molecule has 0 aromatic carbocycles. The molecule has 18 N–H and O–H groups in total. The van der Waals surface area contributed by atoms with E-state index in [0.717, 1.165) is 18.8 Å². The van der Waals surface area contributed by atoms with E-state index in [9.17, 15) is 24.0 Å². The molecule has 0 unspecified atom stereocenters. The van der Waals surface area contributed by atoms with Crippen molar-refractivity contribution in [3.05, 3.63) is 64.8 Å². The van der Waals surface area contributed by atoms with E-state index < -0.39 is 34.7 Å². The van der Waals surface area contributed by atoms with Crippen molar-refractivity contribution in [1.82, 2.24) is 0 Å². The molecule has 4 fully saturated rings. The fourth-order valence-corrected chi connectivity index (χ4v) is 3.43. The molecule has 0 aromatic rings. The third kappa shape index (κ3) is 52.4. The number of carboxylic acids is 4. The van der Waals surface area contributed by atoms with E-state index in [4.69, 9.17) is 31.9 Å². The van der Waals surface area contributed by atoms with Crippen LogP contribution in [-0.4, -0.2) is 80.4 Å². The SMILES string of the molecule is C.CC(C)[NH-].CC1CC(C(=O)O)(C(=O)O)C1.O.O.O=COCC1CC(C(=O)O)(C(=O)O)C1.[CH2-]C(C)C.[CH2-]C1CC1.[CH3-].[CH3-].[Cl][Pt].[Cl][Pt].[NH-]C1CC1.[NH2-].[NH2-].[NH2-].[NH2-].[Pt+2].[Pt+2]. The van der Waals surface area contributed by atoms with Gasteiger partial charge in [0.25, 0.3) is 6.47 Å². The summed E-state index contributed by atoms with van der Waals surface area (Å²) in [6.07, 6.45) is 5.62. The van der Waals surface area contributed by atoms with Gasteiger partial charge in [-0.1, -0.05) is 67.7 Å². The second kappa shape index (κ2) is 57.5. The summed E-state index contributed by atoms with van der Waals surface area (Å²) in [6, 6.07) is 0.417. The summed E-state index contributed by atoms with van der Waals surface area (Å²) < 4.78 is 4.42. The van der Waals surface area contributed by atoms with Crippen molar-refractivity contribution in [1.29, 1.82) is 0 Å². The molecular weight excluding hydrogens is 1510 g/mol. The van der Waals surface area contributed by atoms with Crippen LogP contribution in [0.4, 0.5) is 0 Å². The van der Waals surface area contributed by atoms with E-state index >= 15 is 0 Å². The molecule has 0 spiro atoms. The molecule has 0 atom stereocenters. The Morgan fingerprint density at radius 2 is 0.964 bits per heavy atom. The number of hydrogen-bond donors (Lipinski definition) is 4. The minimum absolute atomic E-state index is 0. The van der Waals surface area contributed by atoms with Crippen LogP contribution < -0.4 is 0 Å². The maximum atomic E-state index is 10.7. The second-order valence-electron chi connectivity index (χ2n) is 11.9. The van der Waals surface area contributed by atoms with Crippen molar-refractivity contribution in [3.8, 4) is 0 Å². The van der Waals surface area contributed by atoms with Gasteiger partial charge in [-0.2, -0.15) is 11.8 Å². The smallest absolute Gasteiger partial charge is 0.693 e. The van der Waals surface area contributed by atoms with Crippen molar-refractivity contribution in [2.24, 2.45) is 34.5 Å². The minimum Gasteiger partial charge on any atom is -0.693 e. The van der Waals surface area contributed by atoms with Crippen LogP contribution in [-0.2, 0) is 108 Å². The third-order valence-electron chi connectivity index (χ3n) is 5.98. The van der Waals surface area contributed by atoms with E-state index in [-0.39, 0.29) is 157 Å². The molecule has 4 aliphatic carbocycles. The first kappa shape index (κ1) is 101. The summed E-state index contributed by atoms with van der Waals surface area (Å²) in [7, 11) is 9.22. The maximum Gasteiger partial charge on any atom is 2.00 e. The number of carbonyl (C=O) groups is 5. The van der Waals surface area contributed by atoms with Gasteiger partial charge in [-0.25, -0.2) is 0 Å². The van der Waals surface area contributed by atoms with E-state index in [2.05, 4.69) is 51.3 Å². The number of hydrogen-bond acceptors (Lipinski definition) is 6. The molecule has 0 radical (unpaired) electrons. The van der Waals surface area contributed by atoms with Gasteiger partial charge < -0.3 is 101 Å². The zero-order chi connectivity index (χ0) is 36.6. The molecule has 362 valence electrons. The van der Waals surface area contributed by atoms with Crippen LogP contribution in [0.3, 0.4) is 0 Å². The molecule has 0 heterocycles. The standard InChI is InChI=1S/C8H10O6.C7H10O4.C4H7.C4H9.C3H6N.C3H8N.CH4.2CH3.2ClH.4H2N.2H2O.4Pt/c9-4-14-3-5-1-8(2-5,6(10)11)7(12)13;1-4-2-7(3-4,5(8)9)6(10)11;1-4-2-3-4;1-4(2)3;4-3-1-2-3;1-3(2)4;;;;;;;;;;;;;;;/h4-5H,1-3H2,(H,10,11)(H,12,13);4H,2-3H2,1H3,(H,8,9)(H,10,11);4H,1-3H2;4H,1H2,2-3H3;3-4H,1-2H2;3-4H,1-2H3;1H4;2*1H3;2*1H;6*1H2;;;;/q;;4*-1;;2*-1;;;4*-1;;;2*+1;2*+2/p-2. The van der Waals surface area contributed by atoms with Crippen LogP contribution in [0.2, 0.25) is 0 Å². The van der Waals surface area contributed by atoms with Crippen molar-refractivity contribution in [2.75, 3.05) is 6.61 Å². The predicted molar refractivity (Wildman–Crippen MR) is 213 cm³/mol. The Hall–Kier alpha value is 0.363. The van der Waals surface area contributed by atoms with Crippen molar-refractivity contribution < 1.29 is 140 Å². The van der Waals surface area contributed by atoms with Crippen molar-refractivity contribution in [2.45, 2.75) is 105 Å². The van der Waals surface area contributed by atoms with Crippen molar-refractivity contribution in [3.63, 3.8) is 0 Å². The molecule has 56 heavy (non-hydrogen) atoms. The molecule has 4 aliphatic rings. The number of carbonyl (C=O) groups excluding carboxylic acids is 1. The monoisotopic (exact) mass is 1580 g/mol. The van der Waals surface area contributed by atoms with Gasteiger partial charge in [0, 0.05) is 0 Å². The Morgan fingerprint density at radius 1 is 0.768 bits per heavy atom. The molecular formula is C32H72Cl2N6O12Pt4-6. The average molecular weight is 1580 g/mol. The van der Waals surface area contributed by atoms with E-state index in [1.54, 1.807) is 37.5 Å². The Balaban J connectivity index is -0.0000000279. The number of ether oxygens (including phenoxy) is 1. The van der Waals surface area contributed by atoms with Gasteiger partial charge in [0.05, 0.1) is 6.61 Å². The Labute approximate surface area is 397 Å². The molecule has 0 bridgehead atoms. The van der Waals surface area contributed by atoms with Crippen LogP contribution >= 0.6 is 18.8 Å². The summed E-state index contributed by atoms with van der Waals surface area (Å²) >= 11 is 3.22. The van der Waals surface area contributed by atoms with Gasteiger partial charge in [0.1, 0.15) is 0 Å². The first-order valence-corrected chi connectivity index (χ1v) is 19.7. The van der Waals surface area contributed by atoms with E-state index in [1.165, 1.54) is 12.8 Å². The van der Waals surface area contributed by atoms with Crippen LogP contribution in [0.15, 0.2) is 0 Å². The first-order chi connectivity index (χ1) is 20.8. The summed E-state index contributed by atoms with van der Waals surface area (Å²) in [6.45, 7) is 17.4. The maximum absolute atomic E-state index is 10.7. The van der Waals surface area contributed by atoms with Gasteiger partial charge in [0.2, 0.25) is 0 Å². The van der Waals surface area contributed by atoms with Gasteiger partial charge in [-0.05, 0) is 37.5 Å². The predicted octanol–water partition coefficient (Wildman–Crippen LogP) is 9.78. The molecule has 18 nitrogen and oxygen atoms in total. The largest absolute Gasteiger partial charge is 2.00 e. The van der Waals surface area contributed by atoms with E-state index in [1.807, 2.05) is 20.8 Å². The molecule has 4 saturated carbocycles. The topological polar surface area (TPSA) is 420 Å². The summed E-state index contributed by atoms with van der Waals surface area (Å²) in [5, 5.41) is 34.6. The first-order valence-electron chi connectivity index (χ1n) is 14.1. The number of nitrogens with two attached hydrogens (primary N) is 4. The number of carboxylic acid groups (broad SMARTS) is 4. The average Bonchev–Trinajstić information content (AvgIpc) is 3.83. The fourth-order valence-electron chi connectivity index (χ4n) is 3.43. The van der Waals surface area contributed by atoms with Crippen molar-refractivity contribution >= 4 is 49.2 Å². The zero-order valence-corrected chi connectivity index (χ0v) is 43.0. The zero-order valence-electron chi connectivity index (χ0n) is 32.4. The van der Waals surface area contributed by atoms with Gasteiger partial charge in [-0.3, -0.25) is 24.0 Å². The number of halogens is 2. The summed E-state index contributed by atoms with van der Waals surface area (Å²) in [4.78, 5) is 52.2. The summed E-state index contributed by atoms with van der Waals surface area (Å²) in [5.74, 6) is -3.58. The minimum atomic E-state index is -1.67. The van der Waals surface area contributed by atoms with Gasteiger partial charge in [-0.15, -0.1) is 12.1 Å². The van der Waals surface area contributed by atoms with Gasteiger partial charge >= 0.3 is 122 Å². The van der Waals surface area contributed by atoms with Crippen LogP contribution in [0, 0.1) is 63.2 Å². The molecule has 4 rings (SSSR count). The Morgan fingerprint density at radius 3 is 1.07 bits per heavy atom. The third-order valence-corrected chi connectivity index (χ3v) is 5.98. The normalized spacial score (nSPS) is 14.5.